The van der Waals surface area contributed by atoms with Crippen LogP contribution >= 0.6 is 27.3 Å². The molecule has 96 valence electrons. The highest BCUT2D eigenvalue weighted by Crippen LogP contribution is 2.31. The summed E-state index contributed by atoms with van der Waals surface area (Å²) in [6.45, 7) is 4.06. The molecule has 2 aromatic rings. The van der Waals surface area contributed by atoms with Crippen molar-refractivity contribution in [1.82, 2.24) is 0 Å². The lowest BCUT2D eigenvalue weighted by Gasteiger charge is -2.10. The van der Waals surface area contributed by atoms with Crippen LogP contribution in [0, 0.1) is 19.7 Å². The number of hydrogen-bond donors (Lipinski definition) is 1. The second-order valence-corrected chi connectivity index (χ2v) is 6.40. The van der Waals surface area contributed by atoms with Gasteiger partial charge in [-0.25, -0.2) is 4.39 Å². The molecular weight excluding hydrogens is 315 g/mol. The molecule has 0 amide bonds. The Labute approximate surface area is 118 Å². The molecule has 1 aromatic heterocycles. The molecule has 1 atom stereocenters. The number of rotatable bonds is 3. The second-order valence-electron chi connectivity index (χ2n) is 4.32. The molecule has 0 spiro atoms. The number of thiophene rings is 1. The number of halogens is 2. The molecule has 0 saturated heterocycles. The van der Waals surface area contributed by atoms with E-state index in [0.29, 0.717) is 10.9 Å². The molecule has 18 heavy (non-hydrogen) atoms. The SMILES string of the molecule is Cc1cc(C(O)Cc2cccc(F)c2Br)sc1C. The van der Waals surface area contributed by atoms with E-state index in [1.165, 1.54) is 16.5 Å². The average Bonchev–Trinajstić information content (AvgIpc) is 2.66. The van der Waals surface area contributed by atoms with Gasteiger partial charge in [0.25, 0.3) is 0 Å². The fourth-order valence-corrected chi connectivity index (χ4v) is 3.24. The van der Waals surface area contributed by atoms with Gasteiger partial charge in [-0.05, 0) is 53.0 Å². The molecule has 0 aliphatic heterocycles. The Hall–Kier alpha value is -0.710. The van der Waals surface area contributed by atoms with Crippen LogP contribution in [0.3, 0.4) is 0 Å². The number of benzene rings is 1. The smallest absolute Gasteiger partial charge is 0.137 e. The molecule has 2 rings (SSSR count). The molecule has 1 aromatic carbocycles. The van der Waals surface area contributed by atoms with Gasteiger partial charge in [0.2, 0.25) is 0 Å². The molecule has 1 nitrogen and oxygen atoms in total. The maximum absolute atomic E-state index is 13.4. The van der Waals surface area contributed by atoms with Crippen molar-refractivity contribution < 1.29 is 9.50 Å². The largest absolute Gasteiger partial charge is 0.387 e. The molecule has 0 saturated carbocycles. The minimum absolute atomic E-state index is 0.293. The lowest BCUT2D eigenvalue weighted by molar-refractivity contribution is 0.182. The van der Waals surface area contributed by atoms with Gasteiger partial charge in [-0.15, -0.1) is 11.3 Å². The van der Waals surface area contributed by atoms with E-state index >= 15 is 0 Å². The predicted octanol–water partition coefficient (Wildman–Crippen LogP) is 4.54. The predicted molar refractivity (Wildman–Crippen MR) is 76.6 cm³/mol. The van der Waals surface area contributed by atoms with E-state index in [4.69, 9.17) is 0 Å². The Morgan fingerprint density at radius 1 is 1.39 bits per heavy atom. The molecule has 0 aliphatic carbocycles. The van der Waals surface area contributed by atoms with Crippen LogP contribution in [0.1, 0.15) is 27.0 Å². The summed E-state index contributed by atoms with van der Waals surface area (Å²) in [6, 6.07) is 6.88. The molecule has 0 radical (unpaired) electrons. The van der Waals surface area contributed by atoms with Crippen molar-refractivity contribution in [2.45, 2.75) is 26.4 Å². The number of aliphatic hydroxyl groups excluding tert-OH is 1. The Kier molecular flexibility index (Phi) is 4.20. The van der Waals surface area contributed by atoms with Crippen LogP contribution < -0.4 is 0 Å². The average molecular weight is 329 g/mol. The zero-order chi connectivity index (χ0) is 13.3. The maximum Gasteiger partial charge on any atom is 0.137 e. The third-order valence-electron chi connectivity index (χ3n) is 2.96. The second kappa shape index (κ2) is 5.51. The highest BCUT2D eigenvalue weighted by atomic mass is 79.9. The van der Waals surface area contributed by atoms with E-state index in [-0.39, 0.29) is 5.82 Å². The van der Waals surface area contributed by atoms with Gasteiger partial charge in [0, 0.05) is 16.2 Å². The summed E-state index contributed by atoms with van der Waals surface area (Å²) in [6.07, 6.45) is -0.168. The first-order valence-corrected chi connectivity index (χ1v) is 7.28. The van der Waals surface area contributed by atoms with Crippen molar-refractivity contribution in [1.29, 1.82) is 0 Å². The fraction of sp³-hybridized carbons (Fsp3) is 0.286. The standard InChI is InChI=1S/C14H14BrFOS/c1-8-6-13(18-9(8)2)12(17)7-10-4-3-5-11(16)14(10)15/h3-6,12,17H,7H2,1-2H3. The summed E-state index contributed by atoms with van der Waals surface area (Å²) < 4.78 is 13.8. The van der Waals surface area contributed by atoms with Crippen molar-refractivity contribution >= 4 is 27.3 Å². The quantitative estimate of drug-likeness (QED) is 0.876. The highest BCUT2D eigenvalue weighted by molar-refractivity contribution is 9.10. The van der Waals surface area contributed by atoms with E-state index in [1.54, 1.807) is 17.4 Å². The Morgan fingerprint density at radius 3 is 2.72 bits per heavy atom. The van der Waals surface area contributed by atoms with Gasteiger partial charge >= 0.3 is 0 Å². The molecular formula is C14H14BrFOS. The Bertz CT molecular complexity index is 545. The van der Waals surface area contributed by atoms with Gasteiger partial charge in [0.05, 0.1) is 10.6 Å². The molecule has 1 heterocycles. The first-order valence-electron chi connectivity index (χ1n) is 5.67. The lowest BCUT2D eigenvalue weighted by Crippen LogP contribution is -2.01. The maximum atomic E-state index is 13.4. The summed E-state index contributed by atoms with van der Waals surface area (Å²) in [5.41, 5.74) is 1.97. The summed E-state index contributed by atoms with van der Waals surface area (Å²) in [7, 11) is 0. The highest BCUT2D eigenvalue weighted by Gasteiger charge is 2.15. The molecule has 4 heteroatoms. The van der Waals surface area contributed by atoms with Gasteiger partial charge in [0.15, 0.2) is 0 Å². The topological polar surface area (TPSA) is 20.2 Å². The number of hydrogen-bond acceptors (Lipinski definition) is 2. The monoisotopic (exact) mass is 328 g/mol. The minimum Gasteiger partial charge on any atom is -0.387 e. The summed E-state index contributed by atoms with van der Waals surface area (Å²) in [5, 5.41) is 10.2. The van der Waals surface area contributed by atoms with E-state index in [2.05, 4.69) is 15.9 Å². The van der Waals surface area contributed by atoms with E-state index in [9.17, 15) is 9.50 Å². The van der Waals surface area contributed by atoms with Crippen molar-refractivity contribution in [2.75, 3.05) is 0 Å². The first kappa shape index (κ1) is 13.7. The van der Waals surface area contributed by atoms with Gasteiger partial charge in [-0.2, -0.15) is 0 Å². The first-order chi connectivity index (χ1) is 8.49. The Morgan fingerprint density at radius 2 is 2.11 bits per heavy atom. The van der Waals surface area contributed by atoms with E-state index < -0.39 is 6.10 Å². The summed E-state index contributed by atoms with van der Waals surface area (Å²) in [4.78, 5) is 2.14. The molecule has 0 aliphatic rings. The fourth-order valence-electron chi connectivity index (χ4n) is 1.78. The van der Waals surface area contributed by atoms with E-state index in [0.717, 1.165) is 10.4 Å². The van der Waals surface area contributed by atoms with Crippen LogP contribution in [-0.4, -0.2) is 5.11 Å². The van der Waals surface area contributed by atoms with Crippen LogP contribution in [0.4, 0.5) is 4.39 Å². The Balaban J connectivity index is 2.21. The summed E-state index contributed by atoms with van der Waals surface area (Å²) in [5.74, 6) is -0.293. The third-order valence-corrected chi connectivity index (χ3v) is 5.10. The van der Waals surface area contributed by atoms with Crippen molar-refractivity contribution in [3.8, 4) is 0 Å². The van der Waals surface area contributed by atoms with Gasteiger partial charge < -0.3 is 5.11 Å². The summed E-state index contributed by atoms with van der Waals surface area (Å²) >= 11 is 4.81. The molecule has 1 N–H and O–H groups in total. The number of aliphatic hydroxyl groups is 1. The van der Waals surface area contributed by atoms with Gasteiger partial charge in [0.1, 0.15) is 5.82 Å². The van der Waals surface area contributed by atoms with Gasteiger partial charge in [-0.3, -0.25) is 0 Å². The molecule has 0 fully saturated rings. The number of aryl methyl sites for hydroxylation is 2. The minimum atomic E-state index is -0.583. The van der Waals surface area contributed by atoms with Crippen LogP contribution in [0.5, 0.6) is 0 Å². The van der Waals surface area contributed by atoms with Crippen LogP contribution in [0.25, 0.3) is 0 Å². The lowest BCUT2D eigenvalue weighted by atomic mass is 10.1. The normalized spacial score (nSPS) is 12.7. The molecule has 1 unspecified atom stereocenters. The van der Waals surface area contributed by atoms with Crippen LogP contribution in [-0.2, 0) is 6.42 Å². The van der Waals surface area contributed by atoms with Crippen molar-refractivity contribution in [3.63, 3.8) is 0 Å². The van der Waals surface area contributed by atoms with Crippen LogP contribution in [0.15, 0.2) is 28.7 Å². The van der Waals surface area contributed by atoms with Crippen LogP contribution in [0.2, 0.25) is 0 Å². The third kappa shape index (κ3) is 2.82. The van der Waals surface area contributed by atoms with Gasteiger partial charge in [-0.1, -0.05) is 12.1 Å². The zero-order valence-electron chi connectivity index (χ0n) is 10.2. The zero-order valence-corrected chi connectivity index (χ0v) is 12.6. The van der Waals surface area contributed by atoms with Crippen molar-refractivity contribution in [2.24, 2.45) is 0 Å². The van der Waals surface area contributed by atoms with E-state index in [1.807, 2.05) is 26.0 Å². The molecule has 0 bridgehead atoms. The van der Waals surface area contributed by atoms with Crippen molar-refractivity contribution in [3.05, 3.63) is 55.4 Å².